The second-order valence-corrected chi connectivity index (χ2v) is 30.8. The molecule has 9 heterocycles. The highest BCUT2D eigenvalue weighted by Crippen LogP contribution is 2.38. The molecule has 0 aliphatic carbocycles. The van der Waals surface area contributed by atoms with E-state index < -0.39 is 41.6 Å². The van der Waals surface area contributed by atoms with Crippen molar-refractivity contribution in [2.45, 2.75) is 75.5 Å². The number of hydrogen-bond acceptors (Lipinski definition) is 16. The summed E-state index contributed by atoms with van der Waals surface area (Å²) in [6.45, 7) is 11.1. The van der Waals surface area contributed by atoms with Crippen molar-refractivity contribution >= 4 is 81.0 Å². The highest BCUT2D eigenvalue weighted by atomic mass is 19.1. The van der Waals surface area contributed by atoms with Crippen molar-refractivity contribution < 1.29 is 74.5 Å². The summed E-state index contributed by atoms with van der Waals surface area (Å²) in [6.07, 6.45) is 10.4. The summed E-state index contributed by atoms with van der Waals surface area (Å²) >= 11 is 0. The predicted molar refractivity (Wildman–Crippen MR) is 453 cm³/mol. The number of carbonyl (C=O) groups excluding carboxylic acids is 8. The number of rotatable bonds is 10. The number of aliphatic hydroxyl groups excluding tert-OH is 1. The van der Waals surface area contributed by atoms with E-state index in [0.717, 1.165) is 70.7 Å². The molecule has 9 N–H and O–H groups in total. The molecule has 1 fully saturated rings. The van der Waals surface area contributed by atoms with Gasteiger partial charge in [0.2, 0.25) is 5.91 Å². The highest BCUT2D eigenvalue weighted by molar-refractivity contribution is 6.24. The van der Waals surface area contributed by atoms with Crippen LogP contribution in [0.15, 0.2) is 249 Å². The van der Waals surface area contributed by atoms with Crippen LogP contribution in [-0.4, -0.2) is 186 Å². The molecule has 0 aromatic heterocycles. The van der Waals surface area contributed by atoms with Gasteiger partial charge in [-0.15, -0.1) is 0 Å². The smallest absolute Gasteiger partial charge is 0.410 e. The van der Waals surface area contributed by atoms with E-state index in [2.05, 4.69) is 33.4 Å². The number of aliphatic hydroxyl groups is 1. The Labute approximate surface area is 701 Å². The second kappa shape index (κ2) is 39.1. The minimum Gasteiger partial charge on any atom is -0.444 e. The molecule has 122 heavy (non-hydrogen) atoms. The number of nitrogens with two attached hydrogens (primary N) is 2. The molecule has 0 radical (unpaired) electrons. The monoisotopic (exact) mass is 1660 g/mol. The summed E-state index contributed by atoms with van der Waals surface area (Å²) in [5.74, 6) is -3.72. The van der Waals surface area contributed by atoms with Crippen LogP contribution in [0.25, 0.3) is 27.9 Å². The second-order valence-electron chi connectivity index (χ2n) is 30.8. The van der Waals surface area contributed by atoms with Gasteiger partial charge in [-0.2, -0.15) is 0 Å². The van der Waals surface area contributed by atoms with Gasteiger partial charge in [-0.25, -0.2) is 31.1 Å². The van der Waals surface area contributed by atoms with Crippen LogP contribution >= 0.6 is 0 Å². The molecule has 0 bridgehead atoms. The van der Waals surface area contributed by atoms with Gasteiger partial charge in [-0.1, -0.05) is 127 Å². The number of nitrogens with one attached hydrogen (secondary N) is 4. The maximum absolute atomic E-state index is 13.5. The number of ether oxygens (including phenoxy) is 1. The number of imide groups is 3. The lowest BCUT2D eigenvalue weighted by molar-refractivity contribution is -0.117. The highest BCUT2D eigenvalue weighted by Gasteiger charge is 2.46. The number of hydrogen-bond donors (Lipinski definition) is 7. The largest absolute Gasteiger partial charge is 0.444 e. The number of carbonyl (C=O) groups is 8. The molecule has 0 unspecified atom stereocenters. The number of anilines is 1. The summed E-state index contributed by atoms with van der Waals surface area (Å²) in [7, 11) is 0. The van der Waals surface area contributed by atoms with Gasteiger partial charge in [0.05, 0.1) is 64.2 Å². The molecule has 8 amide bonds. The Bertz CT molecular complexity index is 5230. The van der Waals surface area contributed by atoms with Crippen LogP contribution in [0.3, 0.4) is 0 Å². The van der Waals surface area contributed by atoms with Crippen LogP contribution in [0.4, 0.5) is 36.8 Å². The van der Waals surface area contributed by atoms with E-state index in [1.54, 1.807) is 177 Å². The first-order chi connectivity index (χ1) is 58.7. The van der Waals surface area contributed by atoms with Crippen molar-refractivity contribution in [2.75, 3.05) is 77.0 Å². The van der Waals surface area contributed by atoms with Crippen LogP contribution in [0.2, 0.25) is 0 Å². The van der Waals surface area contributed by atoms with Crippen molar-refractivity contribution in [3.8, 4) is 0 Å². The molecular formula is C95H91F6N11O10. The van der Waals surface area contributed by atoms with Crippen LogP contribution < -0.4 is 37.6 Å². The van der Waals surface area contributed by atoms with Gasteiger partial charge in [0.25, 0.3) is 35.4 Å². The number of fused-ring (bicyclic) bond motifs is 3. The van der Waals surface area contributed by atoms with Gasteiger partial charge in [0.15, 0.2) is 0 Å². The zero-order valence-electron chi connectivity index (χ0n) is 67.1. The third kappa shape index (κ3) is 20.1. The van der Waals surface area contributed by atoms with Crippen LogP contribution in [0.1, 0.15) is 124 Å². The molecule has 1 saturated heterocycles. The summed E-state index contributed by atoms with van der Waals surface area (Å²) in [5, 5.41) is 21.8. The van der Waals surface area contributed by atoms with Gasteiger partial charge >= 0.3 is 6.09 Å². The van der Waals surface area contributed by atoms with E-state index in [0.29, 0.717) is 89.2 Å². The van der Waals surface area contributed by atoms with Crippen LogP contribution in [0, 0.1) is 34.9 Å². The normalized spacial score (nSPS) is 20.3. The first kappa shape index (κ1) is 87.0. The number of benzene rings is 9. The van der Waals surface area contributed by atoms with E-state index in [-0.39, 0.29) is 102 Å². The van der Waals surface area contributed by atoms with E-state index in [1.807, 2.05) is 12.2 Å². The molecule has 9 aliphatic heterocycles. The average molecular weight is 1660 g/mol. The minimum atomic E-state index is -0.723. The zero-order chi connectivity index (χ0) is 86.5. The van der Waals surface area contributed by atoms with Gasteiger partial charge in [-0.3, -0.25) is 48.3 Å². The lowest BCUT2D eigenvalue weighted by Gasteiger charge is -2.37. The quantitative estimate of drug-likeness (QED) is 0.0495. The van der Waals surface area contributed by atoms with Crippen LogP contribution in [0.5, 0.6) is 0 Å². The van der Waals surface area contributed by atoms with E-state index >= 15 is 0 Å². The predicted octanol–water partition coefficient (Wildman–Crippen LogP) is 12.7. The number of nitrogens with zero attached hydrogens (tertiary/aromatic N) is 5. The topological polar surface area (TPSA) is 282 Å². The van der Waals surface area contributed by atoms with Gasteiger partial charge < -0.3 is 52.4 Å². The van der Waals surface area contributed by atoms with E-state index in [4.69, 9.17) is 21.3 Å². The first-order valence-electron chi connectivity index (χ1n) is 40.0. The molecule has 9 aromatic rings. The molecule has 0 spiro atoms. The fraction of sp³-hybridized carbons (Fsp3) is 0.242. The molecule has 6 atom stereocenters. The average Bonchev–Trinajstić information content (AvgIpc) is 1.70. The fourth-order valence-electron chi connectivity index (χ4n) is 15.7. The number of halogens is 6. The Hall–Kier alpha value is -12.9. The number of amides is 8. The molecule has 9 aromatic carbocycles. The Kier molecular flexibility index (Phi) is 27.9. The molecule has 27 heteroatoms. The Morgan fingerprint density at radius 1 is 0.385 bits per heavy atom. The van der Waals surface area contributed by atoms with E-state index in [9.17, 15) is 64.7 Å². The molecule has 21 nitrogen and oxygen atoms in total. The minimum absolute atomic E-state index is 0.00853. The summed E-state index contributed by atoms with van der Waals surface area (Å²) < 4.78 is 83.4. The summed E-state index contributed by atoms with van der Waals surface area (Å²) in [5.41, 5.74) is 23.2. The van der Waals surface area contributed by atoms with Crippen molar-refractivity contribution in [3.05, 3.63) is 345 Å². The van der Waals surface area contributed by atoms with Crippen molar-refractivity contribution in [3.63, 3.8) is 0 Å². The zero-order valence-corrected chi connectivity index (χ0v) is 67.1. The summed E-state index contributed by atoms with van der Waals surface area (Å²) in [4.78, 5) is 108. The Morgan fingerprint density at radius 3 is 0.967 bits per heavy atom. The van der Waals surface area contributed by atoms with Crippen molar-refractivity contribution in [1.29, 1.82) is 0 Å². The fourth-order valence-corrected chi connectivity index (χ4v) is 15.7. The lowest BCUT2D eigenvalue weighted by atomic mass is 9.93. The third-order valence-electron chi connectivity index (χ3n) is 21.7. The maximum atomic E-state index is 13.5. The van der Waals surface area contributed by atoms with Crippen molar-refractivity contribution in [1.82, 2.24) is 40.9 Å². The van der Waals surface area contributed by atoms with Gasteiger partial charge in [0.1, 0.15) is 40.5 Å². The van der Waals surface area contributed by atoms with Gasteiger partial charge in [-0.05, 0) is 204 Å². The molecule has 18 rings (SSSR count). The van der Waals surface area contributed by atoms with Gasteiger partial charge in [0, 0.05) is 89.6 Å². The summed E-state index contributed by atoms with van der Waals surface area (Å²) in [6, 6.07) is 55.5. The maximum Gasteiger partial charge on any atom is 0.410 e. The Balaban J connectivity index is 0.000000129. The molecule has 0 saturated carbocycles. The van der Waals surface area contributed by atoms with Crippen molar-refractivity contribution in [2.24, 2.45) is 11.5 Å². The first-order valence-corrected chi connectivity index (χ1v) is 40.0. The SMILES string of the molecule is CC(C)(C)OC(=O)N1CC=C(c2ccc(F)cc2)[C@@H](N2C(=O)c3ccccc3C2=O)C1.N[C@@H]1CNCC=C1c1ccc(F)cc1.N[C@H]1CNCC=C1c1ccc(F)cc1.O=C1CC[C@H](CO)N1c1ccc(F)cc1.O=C1c2ccccc2C(=O)N1[C@@H]1CNCC=C1c1ccc(F)cc1.O=C1c2ccccc2C(=O)N1[C@H]1CNCC=C1c1ccc(F)cc1. The van der Waals surface area contributed by atoms with Crippen LogP contribution in [-0.2, 0) is 9.53 Å². The lowest BCUT2D eigenvalue weighted by Crippen LogP contribution is -2.52. The van der Waals surface area contributed by atoms with E-state index in [1.165, 1.54) is 92.4 Å². The molecule has 628 valence electrons. The third-order valence-corrected chi connectivity index (χ3v) is 21.7. The Morgan fingerprint density at radius 2 is 0.664 bits per heavy atom. The molecule has 9 aliphatic rings. The molecular weight excluding hydrogens is 1570 g/mol. The standard InChI is InChI=1S/C24H23FN2O4.2C19H15FN2O2.2C11H13FN2.C11H12FNO2/c1-24(2,3)31-23(30)26-13-12-17(15-8-10-16(25)11-9-15)20(14-26)27-21(28)18-6-4-5-7-19(18)22(27)29;2*20-13-7-5-12(6-8-13)14-9-10-21-11-17(14)22-18(23)15-3-1-2-4-16(15)19(22)24;2*12-9-3-1-8(2-4-9)10-5-6-14-7-11(10)13;12-8-1-3-9(4-2-8)13-10(7-14)5-6-11(13)15/h4-12,20H,13-14H2,1-3H3;2*1-9,17,21H,10-11H2;2*1-5,11,14H,6-7,13H2;1-4,10,14H,5-7H2/t20-;2*17-;2*11-;10-/m010101/s1.